The van der Waals surface area contributed by atoms with Gasteiger partial charge in [0.25, 0.3) is 0 Å². The summed E-state index contributed by atoms with van der Waals surface area (Å²) in [6.07, 6.45) is 0. The topological polar surface area (TPSA) is 45.2 Å². The number of anilines is 6. The highest BCUT2D eigenvalue weighted by molar-refractivity contribution is 8.00. The summed E-state index contributed by atoms with van der Waals surface area (Å²) in [5, 5.41) is 0. The lowest BCUT2D eigenvalue weighted by Crippen LogP contribution is -2.15. The molecule has 9 aromatic rings. The third-order valence-corrected chi connectivity index (χ3v) is 14.4. The molecule has 0 saturated carbocycles. The number of nitrogens with zero attached hydrogens (tertiary/aromatic N) is 5. The van der Waals surface area contributed by atoms with Crippen LogP contribution in [0.15, 0.2) is 208 Å². The number of benzene rings is 8. The lowest BCUT2D eigenvalue weighted by molar-refractivity contribution is 0.660. The second-order valence-corrected chi connectivity index (χ2v) is 18.2. The monoisotopic (exact) mass is 819 g/mol. The van der Waals surface area contributed by atoms with Gasteiger partial charge in [0.2, 0.25) is 0 Å². The Labute approximate surface area is 363 Å². The summed E-state index contributed by atoms with van der Waals surface area (Å²) < 4.78 is 0. The molecule has 0 spiro atoms. The molecule has 1 aliphatic carbocycles. The van der Waals surface area contributed by atoms with Crippen LogP contribution < -0.4 is 9.80 Å². The molecule has 5 nitrogen and oxygen atoms in total. The van der Waals surface area contributed by atoms with Gasteiger partial charge in [-0.05, 0) is 125 Å². The molecule has 0 radical (unpaired) electrons. The number of hydrogen-bond acceptors (Lipinski definition) is 7. The Kier molecular flexibility index (Phi) is 8.31. The Morgan fingerprint density at radius 2 is 0.721 bits per heavy atom. The Hall–Kier alpha value is -6.93. The molecule has 0 bridgehead atoms. The second-order valence-electron chi connectivity index (χ2n) is 16.1. The number of para-hydroxylation sites is 4. The Bertz CT molecular complexity index is 2950. The summed E-state index contributed by atoms with van der Waals surface area (Å²) in [5.41, 5.74) is 14.7. The van der Waals surface area contributed by atoms with Crippen LogP contribution in [-0.4, -0.2) is 15.0 Å². The molecule has 0 saturated heterocycles. The molecular weight excluding hydrogens is 783 g/mol. The van der Waals surface area contributed by atoms with Crippen molar-refractivity contribution in [2.24, 2.45) is 0 Å². The predicted molar refractivity (Wildman–Crippen MR) is 251 cm³/mol. The van der Waals surface area contributed by atoms with Crippen molar-refractivity contribution in [3.8, 4) is 45.3 Å². The Morgan fingerprint density at radius 3 is 1.18 bits per heavy atom. The van der Waals surface area contributed by atoms with Crippen LogP contribution in [0.25, 0.3) is 45.3 Å². The predicted octanol–water partition coefficient (Wildman–Crippen LogP) is 15.0. The van der Waals surface area contributed by atoms with Crippen LogP contribution in [0.1, 0.15) is 25.0 Å². The van der Waals surface area contributed by atoms with Gasteiger partial charge in [-0.25, -0.2) is 15.0 Å². The standard InChI is InChI=1S/C54H37N5S2/c1-54(2)41-14-4-3-13-39(41)40-32-27-36(33-42(40)54)53-56-51(34-23-28-37(29-24-34)58-43-15-5-9-19-47(43)60-48-20-10-6-16-44(48)58)55-52(57-53)35-25-30-38(31-26-35)59-45-17-7-11-21-49(45)61-50-22-12-8-18-46(50)59/h3-33H,1-2H3. The lowest BCUT2D eigenvalue weighted by atomic mass is 9.82. The molecule has 7 heteroatoms. The zero-order chi connectivity index (χ0) is 40.7. The van der Waals surface area contributed by atoms with E-state index in [0.29, 0.717) is 17.5 Å². The van der Waals surface area contributed by atoms with Crippen LogP contribution in [0.5, 0.6) is 0 Å². The molecular formula is C54H37N5S2. The highest BCUT2D eigenvalue weighted by Crippen LogP contribution is 2.53. The van der Waals surface area contributed by atoms with Crippen molar-refractivity contribution >= 4 is 57.6 Å². The van der Waals surface area contributed by atoms with Crippen molar-refractivity contribution in [1.82, 2.24) is 15.0 Å². The Morgan fingerprint density at radius 1 is 0.361 bits per heavy atom. The van der Waals surface area contributed by atoms with Crippen molar-refractivity contribution in [2.45, 2.75) is 38.8 Å². The molecule has 0 N–H and O–H groups in total. The van der Waals surface area contributed by atoms with Crippen LogP contribution in [0, 0.1) is 0 Å². The maximum absolute atomic E-state index is 5.23. The maximum atomic E-state index is 5.23. The van der Waals surface area contributed by atoms with Gasteiger partial charge in [0.1, 0.15) is 0 Å². The quantitative estimate of drug-likeness (QED) is 0.171. The van der Waals surface area contributed by atoms with E-state index >= 15 is 0 Å². The van der Waals surface area contributed by atoms with Crippen molar-refractivity contribution in [2.75, 3.05) is 9.80 Å². The largest absolute Gasteiger partial charge is 0.308 e. The van der Waals surface area contributed by atoms with Gasteiger partial charge < -0.3 is 9.80 Å². The Balaban J connectivity index is 0.967. The number of rotatable bonds is 5. The molecule has 8 aromatic carbocycles. The van der Waals surface area contributed by atoms with Crippen molar-refractivity contribution in [3.63, 3.8) is 0 Å². The molecule has 2 aliphatic heterocycles. The van der Waals surface area contributed by atoms with Crippen LogP contribution >= 0.6 is 23.5 Å². The molecule has 0 amide bonds. The summed E-state index contributed by atoms with van der Waals surface area (Å²) in [4.78, 5) is 25.3. The first-order chi connectivity index (χ1) is 30.0. The van der Waals surface area contributed by atoms with Crippen molar-refractivity contribution < 1.29 is 0 Å². The van der Waals surface area contributed by atoms with Crippen LogP contribution in [0.2, 0.25) is 0 Å². The third kappa shape index (κ3) is 5.91. The first-order valence-electron chi connectivity index (χ1n) is 20.5. The third-order valence-electron chi connectivity index (χ3n) is 12.1. The van der Waals surface area contributed by atoms with E-state index in [0.717, 1.165) is 28.1 Å². The molecule has 61 heavy (non-hydrogen) atoms. The summed E-state index contributed by atoms with van der Waals surface area (Å²) in [7, 11) is 0. The smallest absolute Gasteiger partial charge is 0.164 e. The van der Waals surface area contributed by atoms with E-state index in [1.165, 1.54) is 64.6 Å². The fourth-order valence-corrected chi connectivity index (χ4v) is 11.2. The average molecular weight is 820 g/mol. The summed E-state index contributed by atoms with van der Waals surface area (Å²) in [5.74, 6) is 1.91. The zero-order valence-electron chi connectivity index (χ0n) is 33.5. The molecule has 3 aliphatic rings. The van der Waals surface area contributed by atoms with Gasteiger partial charge in [-0.3, -0.25) is 0 Å². The van der Waals surface area contributed by atoms with E-state index in [2.05, 4.69) is 212 Å². The molecule has 12 rings (SSSR count). The number of fused-ring (bicyclic) bond motifs is 7. The molecule has 0 atom stereocenters. The van der Waals surface area contributed by atoms with Gasteiger partial charge in [0.15, 0.2) is 17.5 Å². The normalized spacial score (nSPS) is 14.0. The first-order valence-corrected chi connectivity index (χ1v) is 22.2. The molecule has 0 fully saturated rings. The molecule has 1 aromatic heterocycles. The second kappa shape index (κ2) is 14.1. The summed E-state index contributed by atoms with van der Waals surface area (Å²) >= 11 is 3.63. The van der Waals surface area contributed by atoms with Crippen molar-refractivity contribution in [1.29, 1.82) is 0 Å². The molecule has 0 unspecified atom stereocenters. The van der Waals surface area contributed by atoms with Gasteiger partial charge in [-0.2, -0.15) is 0 Å². The molecule has 3 heterocycles. The summed E-state index contributed by atoms with van der Waals surface area (Å²) in [6.45, 7) is 4.62. The summed E-state index contributed by atoms with van der Waals surface area (Å²) in [6, 6.07) is 67.1. The van der Waals surface area contributed by atoms with Gasteiger partial charge in [-0.1, -0.05) is 122 Å². The van der Waals surface area contributed by atoms with Gasteiger partial charge in [0, 0.05) is 53.1 Å². The van der Waals surface area contributed by atoms with E-state index < -0.39 is 0 Å². The van der Waals surface area contributed by atoms with Gasteiger partial charge in [-0.15, -0.1) is 0 Å². The number of hydrogen-bond donors (Lipinski definition) is 0. The average Bonchev–Trinajstić information content (AvgIpc) is 3.55. The van der Waals surface area contributed by atoms with E-state index in [-0.39, 0.29) is 5.41 Å². The highest BCUT2D eigenvalue weighted by Gasteiger charge is 2.35. The van der Waals surface area contributed by atoms with E-state index in [1.807, 2.05) is 23.5 Å². The minimum atomic E-state index is -0.152. The van der Waals surface area contributed by atoms with Crippen molar-refractivity contribution in [3.05, 3.63) is 199 Å². The fraction of sp³-hybridized carbons (Fsp3) is 0.0556. The van der Waals surface area contributed by atoms with Crippen LogP contribution in [0.4, 0.5) is 34.1 Å². The zero-order valence-corrected chi connectivity index (χ0v) is 35.1. The van der Waals surface area contributed by atoms with E-state index in [9.17, 15) is 0 Å². The first kappa shape index (κ1) is 36.0. The minimum absolute atomic E-state index is 0.152. The lowest BCUT2D eigenvalue weighted by Gasteiger charge is -2.32. The van der Waals surface area contributed by atoms with Crippen LogP contribution in [-0.2, 0) is 5.41 Å². The number of aromatic nitrogens is 3. The van der Waals surface area contributed by atoms with Gasteiger partial charge in [0.05, 0.1) is 22.7 Å². The minimum Gasteiger partial charge on any atom is -0.308 e. The van der Waals surface area contributed by atoms with E-state index in [4.69, 9.17) is 15.0 Å². The van der Waals surface area contributed by atoms with E-state index in [1.54, 1.807) is 0 Å². The fourth-order valence-electron chi connectivity index (χ4n) is 9.09. The SMILES string of the molecule is CC1(C)c2ccccc2-c2ccc(-c3nc(-c4ccc(N5c6ccccc6Sc6ccccc65)cc4)nc(-c4ccc(N5c6ccccc6Sc6ccccc65)cc4)n3)cc21. The molecule has 290 valence electrons. The van der Waals surface area contributed by atoms with Gasteiger partial charge >= 0.3 is 0 Å². The van der Waals surface area contributed by atoms with Crippen LogP contribution in [0.3, 0.4) is 0 Å². The maximum Gasteiger partial charge on any atom is 0.164 e. The highest BCUT2D eigenvalue weighted by atomic mass is 32.2.